The molecule has 3 rings (SSSR count). The molecule has 2 heterocycles. The zero-order valence-electron chi connectivity index (χ0n) is 11.2. The van der Waals surface area contributed by atoms with Crippen LogP contribution in [-0.2, 0) is 13.6 Å². The van der Waals surface area contributed by atoms with E-state index >= 15 is 0 Å². The molecule has 3 aromatic rings. The van der Waals surface area contributed by atoms with Crippen LogP contribution in [0.1, 0.15) is 5.56 Å². The van der Waals surface area contributed by atoms with Crippen LogP contribution in [0.3, 0.4) is 0 Å². The minimum atomic E-state index is 0.621. The fourth-order valence-corrected chi connectivity index (χ4v) is 2.07. The summed E-state index contributed by atoms with van der Waals surface area (Å²) >= 11 is 0. The molecule has 0 saturated carbocycles. The summed E-state index contributed by atoms with van der Waals surface area (Å²) in [5, 5.41) is 7.74. The van der Waals surface area contributed by atoms with Gasteiger partial charge in [0.05, 0.1) is 5.69 Å². The Balaban J connectivity index is 1.84. The van der Waals surface area contributed by atoms with Crippen molar-refractivity contribution in [1.29, 1.82) is 0 Å². The molecule has 5 nitrogen and oxygen atoms in total. The molecule has 0 saturated heterocycles. The predicted octanol–water partition coefficient (Wildman–Crippen LogP) is 2.49. The molecule has 0 aliphatic rings. The minimum absolute atomic E-state index is 0.621. The number of aryl methyl sites for hydroxylation is 1. The molecule has 2 aromatic heterocycles. The van der Waals surface area contributed by atoms with Crippen molar-refractivity contribution < 1.29 is 0 Å². The van der Waals surface area contributed by atoms with Gasteiger partial charge in [-0.1, -0.05) is 30.3 Å². The summed E-state index contributed by atoms with van der Waals surface area (Å²) in [6.45, 7) is 0.641. The average Bonchev–Trinajstić information content (AvgIpc) is 2.88. The number of anilines is 1. The Kier molecular flexibility index (Phi) is 3.41. The first-order valence-corrected chi connectivity index (χ1v) is 6.42. The third-order valence-corrected chi connectivity index (χ3v) is 2.95. The number of benzene rings is 1. The average molecular weight is 265 g/mol. The quantitative estimate of drug-likeness (QED) is 0.787. The summed E-state index contributed by atoms with van der Waals surface area (Å²) in [6.07, 6.45) is 5.45. The van der Waals surface area contributed by atoms with E-state index in [0.29, 0.717) is 12.5 Å². The number of aromatic nitrogens is 4. The largest absolute Gasteiger partial charge is 0.350 e. The van der Waals surface area contributed by atoms with Crippen LogP contribution < -0.4 is 5.32 Å². The van der Waals surface area contributed by atoms with E-state index in [1.54, 1.807) is 18.5 Å². The van der Waals surface area contributed by atoms with E-state index in [2.05, 4.69) is 32.5 Å². The van der Waals surface area contributed by atoms with Crippen LogP contribution in [0.4, 0.5) is 5.95 Å². The Morgan fingerprint density at radius 1 is 1.05 bits per heavy atom. The highest BCUT2D eigenvalue weighted by atomic mass is 15.3. The Labute approximate surface area is 117 Å². The maximum atomic E-state index is 4.53. The molecule has 0 fully saturated rings. The van der Waals surface area contributed by atoms with Crippen molar-refractivity contribution in [2.24, 2.45) is 7.05 Å². The van der Waals surface area contributed by atoms with Gasteiger partial charge in [0.15, 0.2) is 0 Å². The van der Waals surface area contributed by atoms with Crippen molar-refractivity contribution in [3.05, 3.63) is 60.6 Å². The van der Waals surface area contributed by atoms with Gasteiger partial charge < -0.3 is 5.32 Å². The molecular weight excluding hydrogens is 250 g/mol. The zero-order valence-corrected chi connectivity index (χ0v) is 11.2. The van der Waals surface area contributed by atoms with Gasteiger partial charge in [-0.3, -0.25) is 4.68 Å². The van der Waals surface area contributed by atoms with Gasteiger partial charge >= 0.3 is 0 Å². The van der Waals surface area contributed by atoms with Gasteiger partial charge in [-0.05, 0) is 6.07 Å². The Hall–Kier alpha value is -2.69. The van der Waals surface area contributed by atoms with E-state index in [-0.39, 0.29) is 0 Å². The minimum Gasteiger partial charge on any atom is -0.350 e. The van der Waals surface area contributed by atoms with Gasteiger partial charge in [0.2, 0.25) is 5.95 Å². The first-order chi connectivity index (χ1) is 9.83. The standard InChI is InChI=1S/C15H15N5/c1-20-11-13(10-18-15-16-8-5-9-17-15)14(19-20)12-6-3-2-4-7-12/h2-9,11H,10H2,1H3,(H,16,17,18). The first kappa shape index (κ1) is 12.3. The summed E-state index contributed by atoms with van der Waals surface area (Å²) in [5.74, 6) is 0.621. The number of hydrogen-bond acceptors (Lipinski definition) is 4. The van der Waals surface area contributed by atoms with Crippen LogP contribution in [-0.4, -0.2) is 19.7 Å². The Morgan fingerprint density at radius 2 is 1.80 bits per heavy atom. The van der Waals surface area contributed by atoms with Crippen molar-refractivity contribution >= 4 is 5.95 Å². The van der Waals surface area contributed by atoms with Crippen LogP contribution in [0.5, 0.6) is 0 Å². The van der Waals surface area contributed by atoms with Gasteiger partial charge in [0.1, 0.15) is 0 Å². The van der Waals surface area contributed by atoms with Crippen LogP contribution in [0.2, 0.25) is 0 Å². The van der Waals surface area contributed by atoms with Gasteiger partial charge in [-0.15, -0.1) is 0 Å². The zero-order chi connectivity index (χ0) is 13.8. The van der Waals surface area contributed by atoms with Gasteiger partial charge in [-0.2, -0.15) is 5.10 Å². The highest BCUT2D eigenvalue weighted by Crippen LogP contribution is 2.21. The monoisotopic (exact) mass is 265 g/mol. The highest BCUT2D eigenvalue weighted by molar-refractivity contribution is 5.62. The third kappa shape index (κ3) is 2.66. The van der Waals surface area contributed by atoms with E-state index in [1.165, 1.54) is 0 Å². The van der Waals surface area contributed by atoms with Crippen LogP contribution in [0, 0.1) is 0 Å². The normalized spacial score (nSPS) is 10.4. The van der Waals surface area contributed by atoms with E-state index in [4.69, 9.17) is 0 Å². The van der Waals surface area contributed by atoms with Crippen LogP contribution in [0.25, 0.3) is 11.3 Å². The second kappa shape index (κ2) is 5.52. The Morgan fingerprint density at radius 3 is 2.55 bits per heavy atom. The fraction of sp³-hybridized carbons (Fsp3) is 0.133. The fourth-order valence-electron chi connectivity index (χ4n) is 2.07. The lowest BCUT2D eigenvalue weighted by molar-refractivity contribution is 0.770. The van der Waals surface area contributed by atoms with E-state index in [1.807, 2.05) is 36.1 Å². The van der Waals surface area contributed by atoms with E-state index < -0.39 is 0 Å². The summed E-state index contributed by atoms with van der Waals surface area (Å²) in [4.78, 5) is 8.31. The van der Waals surface area contributed by atoms with E-state index in [9.17, 15) is 0 Å². The molecule has 0 spiro atoms. The van der Waals surface area contributed by atoms with Gasteiger partial charge in [0, 0.05) is 43.3 Å². The molecule has 0 amide bonds. The second-order valence-corrected chi connectivity index (χ2v) is 4.47. The maximum absolute atomic E-state index is 4.53. The number of rotatable bonds is 4. The molecule has 0 bridgehead atoms. The first-order valence-electron chi connectivity index (χ1n) is 6.42. The molecule has 1 aromatic carbocycles. The van der Waals surface area contributed by atoms with Crippen LogP contribution >= 0.6 is 0 Å². The number of nitrogens with one attached hydrogen (secondary N) is 1. The molecule has 1 N–H and O–H groups in total. The maximum Gasteiger partial charge on any atom is 0.222 e. The lowest BCUT2D eigenvalue weighted by Gasteiger charge is -2.04. The lowest BCUT2D eigenvalue weighted by Crippen LogP contribution is -2.03. The third-order valence-electron chi connectivity index (χ3n) is 2.95. The lowest BCUT2D eigenvalue weighted by atomic mass is 10.1. The van der Waals surface area contributed by atoms with Crippen molar-refractivity contribution in [3.63, 3.8) is 0 Å². The molecule has 0 aliphatic carbocycles. The van der Waals surface area contributed by atoms with E-state index in [0.717, 1.165) is 16.8 Å². The summed E-state index contributed by atoms with van der Waals surface area (Å²) in [7, 11) is 1.93. The van der Waals surface area contributed by atoms with Gasteiger partial charge in [0.25, 0.3) is 0 Å². The molecule has 20 heavy (non-hydrogen) atoms. The molecule has 100 valence electrons. The van der Waals surface area contributed by atoms with Crippen molar-refractivity contribution in [1.82, 2.24) is 19.7 Å². The highest BCUT2D eigenvalue weighted by Gasteiger charge is 2.09. The summed E-state index contributed by atoms with van der Waals surface area (Å²) in [5.41, 5.74) is 3.21. The number of nitrogens with zero attached hydrogens (tertiary/aromatic N) is 4. The number of hydrogen-bond donors (Lipinski definition) is 1. The predicted molar refractivity (Wildman–Crippen MR) is 78.0 cm³/mol. The summed E-state index contributed by atoms with van der Waals surface area (Å²) in [6, 6.07) is 11.9. The summed E-state index contributed by atoms with van der Waals surface area (Å²) < 4.78 is 1.82. The topological polar surface area (TPSA) is 55.6 Å². The molecule has 0 radical (unpaired) electrons. The van der Waals surface area contributed by atoms with Crippen molar-refractivity contribution in [2.45, 2.75) is 6.54 Å². The molecular formula is C15H15N5. The van der Waals surface area contributed by atoms with Crippen molar-refractivity contribution in [3.8, 4) is 11.3 Å². The molecule has 0 unspecified atom stereocenters. The second-order valence-electron chi connectivity index (χ2n) is 4.47. The van der Waals surface area contributed by atoms with Gasteiger partial charge in [-0.25, -0.2) is 9.97 Å². The SMILES string of the molecule is Cn1cc(CNc2ncccn2)c(-c2ccccc2)n1. The Bertz CT molecular complexity index is 676. The molecule has 0 atom stereocenters. The van der Waals surface area contributed by atoms with Crippen molar-refractivity contribution in [2.75, 3.05) is 5.32 Å². The molecule has 5 heteroatoms. The molecule has 0 aliphatic heterocycles. The smallest absolute Gasteiger partial charge is 0.222 e. The van der Waals surface area contributed by atoms with Crippen LogP contribution in [0.15, 0.2) is 55.0 Å².